The summed E-state index contributed by atoms with van der Waals surface area (Å²) in [6.45, 7) is 2.17. The van der Waals surface area contributed by atoms with Crippen molar-refractivity contribution in [2.75, 3.05) is 33.4 Å². The Bertz CT molecular complexity index is 914. The fourth-order valence-electron chi connectivity index (χ4n) is 3.57. The second-order valence-electron chi connectivity index (χ2n) is 7.61. The first kappa shape index (κ1) is 25.2. The number of aryl methyl sites for hydroxylation is 1. The lowest BCUT2D eigenvalue weighted by Gasteiger charge is -2.39. The average Bonchev–Trinajstić information content (AvgIpc) is 3.27. The first-order valence-corrected chi connectivity index (χ1v) is 10.8. The molecule has 1 saturated heterocycles. The minimum atomic E-state index is -1.61. The number of esters is 1. The van der Waals surface area contributed by atoms with Crippen LogP contribution in [-0.2, 0) is 20.7 Å². The van der Waals surface area contributed by atoms with Crippen LogP contribution in [0.25, 0.3) is 11.0 Å². The first-order chi connectivity index (χ1) is 15.9. The van der Waals surface area contributed by atoms with Gasteiger partial charge in [0.05, 0.1) is 19.5 Å². The van der Waals surface area contributed by atoms with E-state index in [9.17, 15) is 25.2 Å². The summed E-state index contributed by atoms with van der Waals surface area (Å²) in [6, 6.07) is 3.51. The average molecular weight is 469 g/mol. The molecule has 1 aromatic carbocycles. The zero-order valence-electron chi connectivity index (χ0n) is 18.6. The molecule has 0 aliphatic carbocycles. The quantitative estimate of drug-likeness (QED) is 0.217. The molecule has 1 aliphatic rings. The predicted octanol–water partition coefficient (Wildman–Crippen LogP) is -0.295. The van der Waals surface area contributed by atoms with E-state index in [1.165, 1.54) is 6.26 Å². The van der Waals surface area contributed by atoms with E-state index >= 15 is 0 Å². The molecular weight excluding hydrogens is 438 g/mol. The van der Waals surface area contributed by atoms with Gasteiger partial charge in [0.1, 0.15) is 31.0 Å². The van der Waals surface area contributed by atoms with Crippen LogP contribution in [0.1, 0.15) is 18.9 Å². The molecule has 0 amide bonds. The number of ether oxygens (including phenoxy) is 4. The maximum absolute atomic E-state index is 12.0. The fraction of sp³-hybridized carbons (Fsp3) is 0.591. The van der Waals surface area contributed by atoms with Gasteiger partial charge >= 0.3 is 5.97 Å². The van der Waals surface area contributed by atoms with Crippen molar-refractivity contribution in [2.45, 2.75) is 50.5 Å². The van der Waals surface area contributed by atoms with Crippen molar-refractivity contribution in [1.29, 1.82) is 0 Å². The predicted molar refractivity (Wildman–Crippen MR) is 115 cm³/mol. The van der Waals surface area contributed by atoms with Gasteiger partial charge in [0.15, 0.2) is 11.3 Å². The first-order valence-electron chi connectivity index (χ1n) is 10.8. The van der Waals surface area contributed by atoms with Crippen molar-refractivity contribution < 1.29 is 48.6 Å². The van der Waals surface area contributed by atoms with Gasteiger partial charge in [-0.05, 0) is 38.1 Å². The number of aliphatic hydroxyl groups excluding tert-OH is 4. The highest BCUT2D eigenvalue weighted by atomic mass is 16.7. The molecule has 1 fully saturated rings. The van der Waals surface area contributed by atoms with Gasteiger partial charge in [0.25, 0.3) is 0 Å². The lowest BCUT2D eigenvalue weighted by molar-refractivity contribution is -0.277. The van der Waals surface area contributed by atoms with Crippen molar-refractivity contribution in [3.63, 3.8) is 0 Å². The standard InChI is InChI=1S/C22H31NO10/c1-3-29-15(25)5-4-12-10-13-6-8-30-19(13)21(31-9-7-23-2)20(12)33-22-18(28)17(27)16(26)14(11-24)32-22/h6,8,10,14,16-18,22-24,26-28H,3-5,7,9,11H2,1-2H3. The third kappa shape index (κ3) is 5.75. The van der Waals surface area contributed by atoms with Crippen LogP contribution in [-0.4, -0.2) is 90.5 Å². The maximum Gasteiger partial charge on any atom is 0.306 e. The summed E-state index contributed by atoms with van der Waals surface area (Å²) in [7, 11) is 1.77. The Morgan fingerprint density at radius 2 is 1.97 bits per heavy atom. The molecule has 5 N–H and O–H groups in total. The maximum atomic E-state index is 12.0. The molecule has 0 spiro atoms. The van der Waals surface area contributed by atoms with Crippen LogP contribution in [0.4, 0.5) is 0 Å². The highest BCUT2D eigenvalue weighted by Gasteiger charge is 2.45. The molecule has 0 radical (unpaired) electrons. The number of aliphatic hydroxyl groups is 4. The summed E-state index contributed by atoms with van der Waals surface area (Å²) in [5.41, 5.74) is 0.957. The third-order valence-corrected chi connectivity index (χ3v) is 5.31. The van der Waals surface area contributed by atoms with Crippen LogP contribution in [0.2, 0.25) is 0 Å². The molecule has 5 atom stereocenters. The van der Waals surface area contributed by atoms with Gasteiger partial charge in [-0.3, -0.25) is 4.79 Å². The van der Waals surface area contributed by atoms with Crippen LogP contribution >= 0.6 is 0 Å². The minimum Gasteiger partial charge on any atom is -0.485 e. The van der Waals surface area contributed by atoms with Gasteiger partial charge in [0.2, 0.25) is 12.0 Å². The monoisotopic (exact) mass is 469 g/mol. The summed E-state index contributed by atoms with van der Waals surface area (Å²) in [5.74, 6) is 0.00647. The van der Waals surface area contributed by atoms with Crippen molar-refractivity contribution in [3.05, 3.63) is 24.0 Å². The molecule has 0 saturated carbocycles. The van der Waals surface area contributed by atoms with Gasteiger partial charge in [-0.25, -0.2) is 0 Å². The lowest BCUT2D eigenvalue weighted by Crippen LogP contribution is -2.60. The molecule has 2 heterocycles. The number of rotatable bonds is 11. The SMILES string of the molecule is CCOC(=O)CCc1cc2ccoc2c(OCCNC)c1OC1OC(CO)C(O)C(O)C1O. The molecular formula is C22H31NO10. The second-order valence-corrected chi connectivity index (χ2v) is 7.61. The minimum absolute atomic E-state index is 0.0677. The number of hydrogen-bond acceptors (Lipinski definition) is 11. The van der Waals surface area contributed by atoms with Crippen molar-refractivity contribution in [2.24, 2.45) is 0 Å². The largest absolute Gasteiger partial charge is 0.485 e. The van der Waals surface area contributed by atoms with Crippen LogP contribution in [0.3, 0.4) is 0 Å². The Kier molecular flexibility index (Phi) is 8.89. The van der Waals surface area contributed by atoms with Gasteiger partial charge in [-0.1, -0.05) is 0 Å². The van der Waals surface area contributed by atoms with E-state index < -0.39 is 37.3 Å². The molecule has 5 unspecified atom stereocenters. The highest BCUT2D eigenvalue weighted by Crippen LogP contribution is 2.42. The number of nitrogens with one attached hydrogen (secondary N) is 1. The van der Waals surface area contributed by atoms with Gasteiger partial charge in [0, 0.05) is 18.4 Å². The van der Waals surface area contributed by atoms with Crippen molar-refractivity contribution >= 4 is 16.9 Å². The number of hydrogen-bond donors (Lipinski definition) is 5. The molecule has 1 aliphatic heterocycles. The number of carbonyl (C=O) groups is 1. The van der Waals surface area contributed by atoms with E-state index in [0.29, 0.717) is 17.7 Å². The smallest absolute Gasteiger partial charge is 0.306 e. The molecule has 11 heteroatoms. The topological polar surface area (TPSA) is 160 Å². The van der Waals surface area contributed by atoms with Gasteiger partial charge in [-0.2, -0.15) is 0 Å². The zero-order chi connectivity index (χ0) is 24.0. The van der Waals surface area contributed by atoms with Crippen molar-refractivity contribution in [3.8, 4) is 11.5 Å². The summed E-state index contributed by atoms with van der Waals surface area (Å²) in [4.78, 5) is 12.0. The Labute approximate surface area is 190 Å². The van der Waals surface area contributed by atoms with E-state index in [4.69, 9.17) is 23.4 Å². The van der Waals surface area contributed by atoms with Gasteiger partial charge < -0.3 is 49.1 Å². The molecule has 2 aromatic rings. The van der Waals surface area contributed by atoms with Crippen LogP contribution in [0, 0.1) is 0 Å². The molecule has 1 aromatic heterocycles. The normalized spacial score (nSPS) is 25.2. The Morgan fingerprint density at radius 3 is 2.67 bits per heavy atom. The lowest BCUT2D eigenvalue weighted by atomic mass is 9.99. The van der Waals surface area contributed by atoms with Crippen molar-refractivity contribution in [1.82, 2.24) is 5.32 Å². The molecule has 0 bridgehead atoms. The van der Waals surface area contributed by atoms with Crippen LogP contribution in [0.5, 0.6) is 11.5 Å². The molecule has 184 valence electrons. The molecule has 11 nitrogen and oxygen atoms in total. The number of likely N-dealkylation sites (N-methyl/N-ethyl adjacent to an activating group) is 1. The molecule has 3 rings (SSSR count). The van der Waals surface area contributed by atoms with E-state index in [1.54, 1.807) is 26.1 Å². The summed E-state index contributed by atoms with van der Waals surface area (Å²) in [6.07, 6.45) is -5.52. The Morgan fingerprint density at radius 1 is 1.18 bits per heavy atom. The summed E-state index contributed by atoms with van der Waals surface area (Å²) < 4.78 is 28.0. The fourth-order valence-corrected chi connectivity index (χ4v) is 3.57. The van der Waals surface area contributed by atoms with E-state index in [0.717, 1.165) is 5.39 Å². The summed E-state index contributed by atoms with van der Waals surface area (Å²) in [5, 5.41) is 43.8. The van der Waals surface area contributed by atoms with Crippen LogP contribution in [0.15, 0.2) is 22.8 Å². The highest BCUT2D eigenvalue weighted by molar-refractivity contribution is 5.87. The van der Waals surface area contributed by atoms with E-state index in [-0.39, 0.29) is 43.5 Å². The van der Waals surface area contributed by atoms with Crippen LogP contribution < -0.4 is 14.8 Å². The summed E-state index contributed by atoms with van der Waals surface area (Å²) >= 11 is 0. The second kappa shape index (κ2) is 11.6. The number of fused-ring (bicyclic) bond motifs is 1. The van der Waals surface area contributed by atoms with E-state index in [1.807, 2.05) is 0 Å². The van der Waals surface area contributed by atoms with E-state index in [2.05, 4.69) is 5.32 Å². The third-order valence-electron chi connectivity index (χ3n) is 5.31. The number of furan rings is 1. The molecule has 33 heavy (non-hydrogen) atoms. The zero-order valence-corrected chi connectivity index (χ0v) is 18.6. The number of benzene rings is 1. The Hall–Kier alpha value is -2.41. The number of carbonyl (C=O) groups excluding carboxylic acids is 1. The Balaban J connectivity index is 1.99. The van der Waals surface area contributed by atoms with Gasteiger partial charge in [-0.15, -0.1) is 0 Å².